The topological polar surface area (TPSA) is 101 Å². The Morgan fingerprint density at radius 1 is 1.33 bits per heavy atom. The fourth-order valence-electron chi connectivity index (χ4n) is 2.48. The molecule has 1 unspecified atom stereocenters. The minimum absolute atomic E-state index is 0.144. The molecule has 0 amide bonds. The molecule has 1 atom stereocenters. The summed E-state index contributed by atoms with van der Waals surface area (Å²) >= 11 is 5.84. The largest absolute Gasteiger partial charge is 0.379 e. The Kier molecular flexibility index (Phi) is 9.29. The number of benzene rings is 1. The second-order valence-corrected chi connectivity index (χ2v) is 8.19. The summed E-state index contributed by atoms with van der Waals surface area (Å²) in [6.07, 6.45) is 2.02. The van der Waals surface area contributed by atoms with Gasteiger partial charge in [-0.15, -0.1) is 0 Å². The minimum atomic E-state index is -3.58. The first-order chi connectivity index (χ1) is 13.0. The van der Waals surface area contributed by atoms with Gasteiger partial charge in [-0.05, 0) is 31.0 Å². The minimum Gasteiger partial charge on any atom is -0.379 e. The third kappa shape index (κ3) is 8.02. The molecule has 1 fully saturated rings. The van der Waals surface area contributed by atoms with Gasteiger partial charge in [0, 0.05) is 44.9 Å². The van der Waals surface area contributed by atoms with Gasteiger partial charge in [-0.1, -0.05) is 17.7 Å². The first kappa shape index (κ1) is 21.9. The Morgan fingerprint density at radius 2 is 2.15 bits per heavy atom. The van der Waals surface area contributed by atoms with Gasteiger partial charge in [0.25, 0.3) is 0 Å². The molecule has 8 nitrogen and oxygen atoms in total. The predicted octanol–water partition coefficient (Wildman–Crippen LogP) is 0.979. The maximum Gasteiger partial charge on any atom is 0.240 e. The standard InChI is InChI=1S/C17H27ClN4O4S/c1-19-17(20-7-3-10-26-15-6-11-25-13-15)21-8-9-22-27(23,24)16-5-2-4-14(18)12-16/h2,4-5,12,15,22H,3,6-11,13H2,1H3,(H2,19,20,21). The molecule has 0 saturated carbocycles. The molecule has 0 aromatic heterocycles. The lowest BCUT2D eigenvalue weighted by molar-refractivity contribution is 0.0420. The van der Waals surface area contributed by atoms with Crippen molar-refractivity contribution in [1.82, 2.24) is 15.4 Å². The maximum atomic E-state index is 12.2. The smallest absolute Gasteiger partial charge is 0.240 e. The molecule has 1 aliphatic rings. The Morgan fingerprint density at radius 3 is 2.85 bits per heavy atom. The molecule has 0 aliphatic carbocycles. The normalized spacial score (nSPS) is 17.9. The van der Waals surface area contributed by atoms with Gasteiger partial charge in [-0.25, -0.2) is 13.1 Å². The van der Waals surface area contributed by atoms with Crippen LogP contribution in [0, 0.1) is 0 Å². The molecule has 0 radical (unpaired) electrons. The van der Waals surface area contributed by atoms with Crippen molar-refractivity contribution < 1.29 is 17.9 Å². The van der Waals surface area contributed by atoms with Crippen molar-refractivity contribution in [3.63, 3.8) is 0 Å². The van der Waals surface area contributed by atoms with Gasteiger partial charge < -0.3 is 20.1 Å². The zero-order valence-corrected chi connectivity index (χ0v) is 17.0. The van der Waals surface area contributed by atoms with Crippen LogP contribution in [0.25, 0.3) is 0 Å². The number of sulfonamides is 1. The van der Waals surface area contributed by atoms with Crippen molar-refractivity contribution in [2.24, 2.45) is 4.99 Å². The summed E-state index contributed by atoms with van der Waals surface area (Å²) in [6, 6.07) is 6.15. The zero-order valence-electron chi connectivity index (χ0n) is 15.4. The fraction of sp³-hybridized carbons (Fsp3) is 0.588. The van der Waals surface area contributed by atoms with Crippen LogP contribution >= 0.6 is 11.6 Å². The van der Waals surface area contributed by atoms with Crippen molar-refractivity contribution in [3.8, 4) is 0 Å². The van der Waals surface area contributed by atoms with Crippen LogP contribution in [0.3, 0.4) is 0 Å². The summed E-state index contributed by atoms with van der Waals surface area (Å²) in [5, 5.41) is 6.61. The number of aliphatic imine (C=N–C) groups is 1. The van der Waals surface area contributed by atoms with E-state index in [2.05, 4.69) is 20.3 Å². The molecule has 0 bridgehead atoms. The summed E-state index contributed by atoms with van der Waals surface area (Å²) < 4.78 is 37.8. The lowest BCUT2D eigenvalue weighted by Crippen LogP contribution is -2.42. The van der Waals surface area contributed by atoms with Crippen LogP contribution < -0.4 is 15.4 Å². The highest BCUT2D eigenvalue weighted by atomic mass is 35.5. The van der Waals surface area contributed by atoms with E-state index in [1.54, 1.807) is 19.2 Å². The second kappa shape index (κ2) is 11.5. The predicted molar refractivity (Wildman–Crippen MR) is 106 cm³/mol. The van der Waals surface area contributed by atoms with Crippen LogP contribution in [0.5, 0.6) is 0 Å². The molecule has 152 valence electrons. The summed E-state index contributed by atoms with van der Waals surface area (Å²) in [7, 11) is -1.92. The van der Waals surface area contributed by atoms with E-state index < -0.39 is 10.0 Å². The van der Waals surface area contributed by atoms with Crippen LogP contribution in [0.1, 0.15) is 12.8 Å². The number of rotatable bonds is 10. The fourth-order valence-corrected chi connectivity index (χ4v) is 3.81. The molecule has 0 spiro atoms. The molecule has 2 rings (SSSR count). The van der Waals surface area contributed by atoms with Crippen molar-refractivity contribution in [1.29, 1.82) is 0 Å². The first-order valence-electron chi connectivity index (χ1n) is 8.90. The number of nitrogens with one attached hydrogen (secondary N) is 3. The Bertz CT molecular complexity index is 709. The van der Waals surface area contributed by atoms with Gasteiger partial charge in [0.15, 0.2) is 5.96 Å². The number of nitrogens with zero attached hydrogens (tertiary/aromatic N) is 1. The van der Waals surface area contributed by atoms with Crippen molar-refractivity contribution >= 4 is 27.6 Å². The van der Waals surface area contributed by atoms with Crippen molar-refractivity contribution in [2.45, 2.75) is 23.8 Å². The lowest BCUT2D eigenvalue weighted by atomic mass is 10.3. The first-order valence-corrected chi connectivity index (χ1v) is 10.8. The van der Waals surface area contributed by atoms with Gasteiger partial charge in [-0.3, -0.25) is 4.99 Å². The van der Waals surface area contributed by atoms with E-state index in [4.69, 9.17) is 21.1 Å². The molecular formula is C17H27ClN4O4S. The third-order valence-corrected chi connectivity index (χ3v) is 5.59. The third-order valence-electron chi connectivity index (χ3n) is 3.89. The monoisotopic (exact) mass is 418 g/mol. The SMILES string of the molecule is CN=C(NCCCOC1CCOC1)NCCNS(=O)(=O)c1cccc(Cl)c1. The van der Waals surface area contributed by atoms with Gasteiger partial charge in [-0.2, -0.15) is 0 Å². The van der Waals surface area contributed by atoms with Gasteiger partial charge in [0.1, 0.15) is 0 Å². The molecule has 1 aromatic carbocycles. The lowest BCUT2D eigenvalue weighted by Gasteiger charge is -2.13. The number of hydrogen-bond donors (Lipinski definition) is 3. The van der Waals surface area contributed by atoms with E-state index >= 15 is 0 Å². The van der Waals surface area contributed by atoms with Gasteiger partial charge in [0.05, 0.1) is 17.6 Å². The van der Waals surface area contributed by atoms with Crippen LogP contribution in [0.2, 0.25) is 5.02 Å². The van der Waals surface area contributed by atoms with Crippen molar-refractivity contribution in [3.05, 3.63) is 29.3 Å². The number of hydrogen-bond acceptors (Lipinski definition) is 5. The number of halogens is 1. The van der Waals surface area contributed by atoms with E-state index in [-0.39, 0.29) is 17.5 Å². The van der Waals surface area contributed by atoms with Crippen LogP contribution in [-0.2, 0) is 19.5 Å². The molecule has 1 saturated heterocycles. The number of guanidine groups is 1. The highest BCUT2D eigenvalue weighted by Gasteiger charge is 2.15. The summed E-state index contributed by atoms with van der Waals surface area (Å²) in [6.45, 7) is 3.46. The van der Waals surface area contributed by atoms with Crippen LogP contribution in [0.4, 0.5) is 0 Å². The van der Waals surface area contributed by atoms with E-state index in [9.17, 15) is 8.42 Å². The second-order valence-electron chi connectivity index (χ2n) is 5.99. The van der Waals surface area contributed by atoms with E-state index in [1.165, 1.54) is 12.1 Å². The van der Waals surface area contributed by atoms with E-state index in [1.807, 2.05) is 0 Å². The molecule has 27 heavy (non-hydrogen) atoms. The van der Waals surface area contributed by atoms with E-state index in [0.29, 0.717) is 37.3 Å². The Hall–Kier alpha value is -1.39. The summed E-state index contributed by atoms with van der Waals surface area (Å²) in [5.74, 6) is 0.612. The highest BCUT2D eigenvalue weighted by molar-refractivity contribution is 7.89. The highest BCUT2D eigenvalue weighted by Crippen LogP contribution is 2.14. The van der Waals surface area contributed by atoms with E-state index in [0.717, 1.165) is 19.4 Å². The number of ether oxygens (including phenoxy) is 2. The molecular weight excluding hydrogens is 392 g/mol. The molecule has 1 aliphatic heterocycles. The maximum absolute atomic E-state index is 12.2. The van der Waals surface area contributed by atoms with Gasteiger partial charge in [0.2, 0.25) is 10.0 Å². The molecule has 10 heteroatoms. The average molecular weight is 419 g/mol. The molecule has 1 aromatic rings. The Labute approximate surface area is 165 Å². The average Bonchev–Trinajstić information content (AvgIpc) is 3.16. The zero-order chi connectivity index (χ0) is 19.5. The van der Waals surface area contributed by atoms with Crippen LogP contribution in [-0.4, -0.2) is 67.0 Å². The van der Waals surface area contributed by atoms with Gasteiger partial charge >= 0.3 is 0 Å². The molecule has 1 heterocycles. The summed E-state index contributed by atoms with van der Waals surface area (Å²) in [5.41, 5.74) is 0. The Balaban J connectivity index is 1.60. The summed E-state index contributed by atoms with van der Waals surface area (Å²) in [4.78, 5) is 4.25. The van der Waals surface area contributed by atoms with Crippen LogP contribution in [0.15, 0.2) is 34.2 Å². The van der Waals surface area contributed by atoms with Crippen molar-refractivity contribution in [2.75, 3.05) is 46.5 Å². The molecule has 3 N–H and O–H groups in total. The quantitative estimate of drug-likeness (QED) is 0.297.